The van der Waals surface area contributed by atoms with Crippen LogP contribution in [0.1, 0.15) is 35.6 Å². The summed E-state index contributed by atoms with van der Waals surface area (Å²) in [6.07, 6.45) is 4.72. The highest BCUT2D eigenvalue weighted by Gasteiger charge is 2.47. The Morgan fingerprint density at radius 3 is 2.83 bits per heavy atom. The Hall–Kier alpha value is -3.06. The highest BCUT2D eigenvalue weighted by molar-refractivity contribution is 6.46. The molecule has 3 heterocycles. The van der Waals surface area contributed by atoms with E-state index in [1.54, 1.807) is 31.5 Å². The Bertz CT molecular complexity index is 984. The number of aliphatic hydroxyl groups is 1. The zero-order chi connectivity index (χ0) is 20.5. The van der Waals surface area contributed by atoms with Gasteiger partial charge in [0.15, 0.2) is 0 Å². The minimum atomic E-state index is -0.779. The number of amides is 1. The first-order valence-corrected chi connectivity index (χ1v) is 9.54. The number of aliphatic hydroxyl groups excluding tert-OH is 1. The summed E-state index contributed by atoms with van der Waals surface area (Å²) in [6, 6.07) is 6.77. The van der Waals surface area contributed by atoms with Crippen LogP contribution in [-0.4, -0.2) is 45.9 Å². The predicted octanol–water partition coefficient (Wildman–Crippen LogP) is 3.13. The van der Waals surface area contributed by atoms with Crippen molar-refractivity contribution in [3.8, 4) is 0 Å². The van der Waals surface area contributed by atoms with Crippen molar-refractivity contribution in [2.75, 3.05) is 13.2 Å². The molecule has 1 amide bonds. The summed E-state index contributed by atoms with van der Waals surface area (Å²) in [5, 5.41) is 10.9. The maximum Gasteiger partial charge on any atom is 0.295 e. The lowest BCUT2D eigenvalue weighted by Gasteiger charge is -2.27. The molecular weight excluding hydrogens is 375 g/mol. The molecule has 2 fully saturated rings. The van der Waals surface area contributed by atoms with E-state index in [0.29, 0.717) is 17.7 Å². The van der Waals surface area contributed by atoms with E-state index in [9.17, 15) is 19.1 Å². The number of aryl methyl sites for hydroxylation is 1. The van der Waals surface area contributed by atoms with Crippen LogP contribution in [0.5, 0.6) is 0 Å². The fourth-order valence-corrected chi connectivity index (χ4v) is 3.91. The number of halogens is 1. The van der Waals surface area contributed by atoms with Gasteiger partial charge in [-0.2, -0.15) is 0 Å². The van der Waals surface area contributed by atoms with Gasteiger partial charge in [-0.25, -0.2) is 4.39 Å². The number of hydrogen-bond donors (Lipinski definition) is 1. The average molecular weight is 396 g/mol. The molecule has 29 heavy (non-hydrogen) atoms. The zero-order valence-electron chi connectivity index (χ0n) is 16.0. The predicted molar refractivity (Wildman–Crippen MR) is 103 cm³/mol. The van der Waals surface area contributed by atoms with E-state index >= 15 is 0 Å². The van der Waals surface area contributed by atoms with Crippen molar-refractivity contribution in [3.63, 3.8) is 0 Å². The lowest BCUT2D eigenvalue weighted by molar-refractivity contribution is -0.140. The third kappa shape index (κ3) is 3.53. The van der Waals surface area contributed by atoms with E-state index < -0.39 is 23.5 Å². The van der Waals surface area contributed by atoms with E-state index in [2.05, 4.69) is 4.98 Å². The first-order valence-electron chi connectivity index (χ1n) is 9.54. The molecular formula is C22H21FN2O4. The Kier molecular flexibility index (Phi) is 5.15. The second kappa shape index (κ2) is 7.75. The number of hydrogen-bond acceptors (Lipinski definition) is 5. The van der Waals surface area contributed by atoms with Gasteiger partial charge in [0.1, 0.15) is 11.6 Å². The van der Waals surface area contributed by atoms with Gasteiger partial charge in [-0.05, 0) is 55.2 Å². The van der Waals surface area contributed by atoms with Gasteiger partial charge in [-0.1, -0.05) is 6.07 Å². The molecule has 0 aliphatic carbocycles. The van der Waals surface area contributed by atoms with Crippen LogP contribution in [0, 0.1) is 12.7 Å². The van der Waals surface area contributed by atoms with Crippen molar-refractivity contribution in [1.29, 1.82) is 0 Å². The van der Waals surface area contributed by atoms with Gasteiger partial charge in [0.25, 0.3) is 11.7 Å². The van der Waals surface area contributed by atoms with Crippen LogP contribution in [0.25, 0.3) is 5.76 Å². The van der Waals surface area contributed by atoms with Crippen LogP contribution in [0.4, 0.5) is 4.39 Å². The Labute approximate surface area is 167 Å². The number of pyridine rings is 1. The van der Waals surface area contributed by atoms with E-state index in [4.69, 9.17) is 4.74 Å². The molecule has 150 valence electrons. The van der Waals surface area contributed by atoms with Gasteiger partial charge in [-0.15, -0.1) is 0 Å². The van der Waals surface area contributed by atoms with Crippen molar-refractivity contribution in [2.24, 2.45) is 0 Å². The van der Waals surface area contributed by atoms with Gasteiger partial charge < -0.3 is 14.7 Å². The lowest BCUT2D eigenvalue weighted by Crippen LogP contribution is -2.36. The molecule has 2 aromatic rings. The lowest BCUT2D eigenvalue weighted by atomic mass is 9.95. The van der Waals surface area contributed by atoms with Crippen molar-refractivity contribution in [1.82, 2.24) is 9.88 Å². The molecule has 0 radical (unpaired) electrons. The van der Waals surface area contributed by atoms with Gasteiger partial charge in [0.2, 0.25) is 0 Å². The Balaban J connectivity index is 1.82. The van der Waals surface area contributed by atoms with E-state index in [-0.39, 0.29) is 29.5 Å². The Morgan fingerprint density at radius 1 is 1.34 bits per heavy atom. The first-order chi connectivity index (χ1) is 14.0. The van der Waals surface area contributed by atoms with Crippen molar-refractivity contribution < 1.29 is 23.8 Å². The van der Waals surface area contributed by atoms with Gasteiger partial charge in [0.05, 0.1) is 17.7 Å². The highest BCUT2D eigenvalue weighted by atomic mass is 19.1. The molecule has 1 aromatic heterocycles. The average Bonchev–Trinajstić information content (AvgIpc) is 3.32. The largest absolute Gasteiger partial charge is 0.507 e. The number of rotatable bonds is 4. The van der Waals surface area contributed by atoms with E-state index in [1.807, 2.05) is 0 Å². The smallest absolute Gasteiger partial charge is 0.295 e. The van der Waals surface area contributed by atoms with Crippen molar-refractivity contribution in [2.45, 2.75) is 31.9 Å². The summed E-state index contributed by atoms with van der Waals surface area (Å²) in [5.74, 6) is -2.19. The summed E-state index contributed by atoms with van der Waals surface area (Å²) in [4.78, 5) is 31.3. The molecule has 0 saturated carbocycles. The van der Waals surface area contributed by atoms with Crippen LogP contribution >= 0.6 is 0 Å². The number of nitrogens with zero attached hydrogens (tertiary/aromatic N) is 2. The Morgan fingerprint density at radius 2 is 2.17 bits per heavy atom. The van der Waals surface area contributed by atoms with Crippen LogP contribution in [0.15, 0.2) is 48.3 Å². The topological polar surface area (TPSA) is 79.7 Å². The number of aromatic nitrogens is 1. The summed E-state index contributed by atoms with van der Waals surface area (Å²) in [7, 11) is 0. The quantitative estimate of drug-likeness (QED) is 0.488. The molecule has 2 aliphatic rings. The second-order valence-corrected chi connectivity index (χ2v) is 7.34. The monoisotopic (exact) mass is 396 g/mol. The summed E-state index contributed by atoms with van der Waals surface area (Å²) < 4.78 is 19.3. The number of Topliss-reactive ketones (excluding diaryl/α,β-unsaturated/α-hetero) is 1. The maximum absolute atomic E-state index is 13.7. The molecule has 2 atom stereocenters. The minimum Gasteiger partial charge on any atom is -0.507 e. The fourth-order valence-electron chi connectivity index (χ4n) is 3.91. The standard InChI is InChI=1S/C22H21FN2O4/c1-13-10-14(6-7-17(13)23)20(26)18-19(15-4-2-8-24-11-15)25(22(28)21(18)27)12-16-5-3-9-29-16/h2,4,6-8,10-11,16,19,26H,3,5,9,12H2,1H3/b20-18-. The minimum absolute atomic E-state index is 0.0213. The molecule has 2 saturated heterocycles. The molecule has 0 bridgehead atoms. The molecule has 7 heteroatoms. The third-order valence-electron chi connectivity index (χ3n) is 5.40. The number of ether oxygens (including phenoxy) is 1. The number of ketones is 1. The highest BCUT2D eigenvalue weighted by Crippen LogP contribution is 2.39. The molecule has 2 unspecified atom stereocenters. The number of benzene rings is 1. The van der Waals surface area contributed by atoms with E-state index in [1.165, 1.54) is 23.1 Å². The SMILES string of the molecule is Cc1cc(/C(O)=C2/C(=O)C(=O)N(CC3CCCO3)C2c2cccnc2)ccc1F. The van der Waals surface area contributed by atoms with Gasteiger partial charge >= 0.3 is 0 Å². The van der Waals surface area contributed by atoms with Crippen LogP contribution in [0.3, 0.4) is 0 Å². The normalized spacial score (nSPS) is 23.7. The number of likely N-dealkylation sites (tertiary alicyclic amines) is 1. The van der Waals surface area contributed by atoms with Crippen LogP contribution in [0.2, 0.25) is 0 Å². The van der Waals surface area contributed by atoms with Crippen LogP contribution < -0.4 is 0 Å². The summed E-state index contributed by atoms with van der Waals surface area (Å²) in [5.41, 5.74) is 1.21. The third-order valence-corrected chi connectivity index (χ3v) is 5.40. The van der Waals surface area contributed by atoms with Gasteiger partial charge in [-0.3, -0.25) is 14.6 Å². The van der Waals surface area contributed by atoms with Crippen LogP contribution in [-0.2, 0) is 14.3 Å². The first kappa shape index (κ1) is 19.3. The zero-order valence-corrected chi connectivity index (χ0v) is 16.0. The summed E-state index contributed by atoms with van der Waals surface area (Å²) in [6.45, 7) is 2.45. The molecule has 4 rings (SSSR count). The fraction of sp³-hybridized carbons (Fsp3) is 0.318. The number of carbonyl (C=O) groups is 2. The summed E-state index contributed by atoms with van der Waals surface area (Å²) >= 11 is 0. The molecule has 2 aliphatic heterocycles. The van der Waals surface area contributed by atoms with E-state index in [0.717, 1.165) is 12.8 Å². The van der Waals surface area contributed by atoms with Crippen molar-refractivity contribution >= 4 is 17.4 Å². The molecule has 1 aromatic carbocycles. The maximum atomic E-state index is 13.7. The number of carbonyl (C=O) groups excluding carboxylic acids is 2. The molecule has 1 N–H and O–H groups in total. The molecule has 6 nitrogen and oxygen atoms in total. The van der Waals surface area contributed by atoms with Crippen molar-refractivity contribution in [3.05, 3.63) is 70.8 Å². The van der Waals surface area contributed by atoms with Gasteiger partial charge in [0, 0.05) is 31.1 Å². The molecule has 0 spiro atoms. The second-order valence-electron chi connectivity index (χ2n) is 7.34.